The molecule has 2 rings (SSSR count). The van der Waals surface area contributed by atoms with Crippen molar-refractivity contribution in [2.75, 3.05) is 23.8 Å². The molecule has 1 aromatic heterocycles. The fraction of sp³-hybridized carbons (Fsp3) is 0.286. The van der Waals surface area contributed by atoms with E-state index in [0.717, 1.165) is 23.1 Å². The normalized spacial score (nSPS) is 10.4. The molecule has 1 heterocycles. The van der Waals surface area contributed by atoms with E-state index in [1.807, 2.05) is 18.0 Å². The number of nitrogens with one attached hydrogen (secondary N) is 1. The van der Waals surface area contributed by atoms with Crippen LogP contribution in [-0.4, -0.2) is 23.6 Å². The second-order valence-electron chi connectivity index (χ2n) is 4.33. The molecular weight excluding hydrogens is 323 g/mol. The molecule has 6 heteroatoms. The lowest BCUT2D eigenvalue weighted by molar-refractivity contribution is 0.628. The minimum Gasteiger partial charge on any atom is -0.354 e. The Morgan fingerprint density at radius 2 is 2.20 bits per heavy atom. The molecule has 0 unspecified atom stereocenters. The highest BCUT2D eigenvalue weighted by molar-refractivity contribution is 9.10. The molecule has 4 nitrogen and oxygen atoms in total. The van der Waals surface area contributed by atoms with Gasteiger partial charge in [0.15, 0.2) is 5.82 Å². The smallest absolute Gasteiger partial charge is 0.224 e. The standard InChI is InChI=1S/C14H16BrFN4/c1-3-7-17-14-18-9-12(15)13(19-14)20(2)11-6-4-5-10(16)8-11/h4-6,8-9H,3,7H2,1-2H3,(H,17,18,19). The van der Waals surface area contributed by atoms with Crippen LogP contribution in [0.1, 0.15) is 13.3 Å². The molecule has 1 N–H and O–H groups in total. The minimum absolute atomic E-state index is 0.274. The van der Waals surface area contributed by atoms with Gasteiger partial charge in [-0.15, -0.1) is 0 Å². The molecule has 106 valence electrons. The predicted molar refractivity (Wildman–Crippen MR) is 83.0 cm³/mol. The first kappa shape index (κ1) is 14.7. The van der Waals surface area contributed by atoms with Crippen molar-refractivity contribution >= 4 is 33.4 Å². The zero-order valence-electron chi connectivity index (χ0n) is 11.4. The van der Waals surface area contributed by atoms with Gasteiger partial charge in [-0.25, -0.2) is 9.37 Å². The largest absolute Gasteiger partial charge is 0.354 e. The Morgan fingerprint density at radius 3 is 2.90 bits per heavy atom. The Hall–Kier alpha value is -1.69. The van der Waals surface area contributed by atoms with E-state index in [1.165, 1.54) is 12.1 Å². The third-order valence-corrected chi connectivity index (χ3v) is 3.33. The van der Waals surface area contributed by atoms with Crippen molar-refractivity contribution in [3.05, 3.63) is 40.8 Å². The molecule has 0 saturated heterocycles. The Bertz CT molecular complexity index is 591. The average Bonchev–Trinajstić information content (AvgIpc) is 2.45. The Kier molecular flexibility index (Phi) is 4.89. The lowest BCUT2D eigenvalue weighted by Gasteiger charge is -2.20. The van der Waals surface area contributed by atoms with Crippen molar-refractivity contribution in [2.45, 2.75) is 13.3 Å². The highest BCUT2D eigenvalue weighted by Crippen LogP contribution is 2.29. The van der Waals surface area contributed by atoms with Crippen LogP contribution in [0.5, 0.6) is 0 Å². The summed E-state index contributed by atoms with van der Waals surface area (Å²) in [5, 5.41) is 3.14. The van der Waals surface area contributed by atoms with E-state index < -0.39 is 0 Å². The number of nitrogens with zero attached hydrogens (tertiary/aromatic N) is 3. The Labute approximate surface area is 126 Å². The van der Waals surface area contributed by atoms with E-state index in [-0.39, 0.29) is 5.82 Å². The van der Waals surface area contributed by atoms with Crippen molar-refractivity contribution < 1.29 is 4.39 Å². The third-order valence-electron chi connectivity index (χ3n) is 2.77. The molecule has 20 heavy (non-hydrogen) atoms. The quantitative estimate of drug-likeness (QED) is 0.895. The van der Waals surface area contributed by atoms with Gasteiger partial charge in [-0.05, 0) is 40.5 Å². The van der Waals surface area contributed by atoms with Gasteiger partial charge in [0.25, 0.3) is 0 Å². The summed E-state index contributed by atoms with van der Waals surface area (Å²) in [5.74, 6) is 0.973. The third kappa shape index (κ3) is 3.45. The van der Waals surface area contributed by atoms with Crippen molar-refractivity contribution in [2.24, 2.45) is 0 Å². The zero-order chi connectivity index (χ0) is 14.5. The highest BCUT2D eigenvalue weighted by atomic mass is 79.9. The van der Waals surface area contributed by atoms with E-state index in [1.54, 1.807) is 12.3 Å². The first-order chi connectivity index (χ1) is 9.61. The first-order valence-corrected chi connectivity index (χ1v) is 7.17. The van der Waals surface area contributed by atoms with E-state index in [2.05, 4.69) is 38.1 Å². The molecule has 2 aromatic rings. The number of hydrogen-bond acceptors (Lipinski definition) is 4. The fourth-order valence-corrected chi connectivity index (χ4v) is 2.18. The second-order valence-corrected chi connectivity index (χ2v) is 5.19. The molecule has 0 radical (unpaired) electrons. The molecule has 0 aliphatic heterocycles. The Balaban J connectivity index is 2.30. The van der Waals surface area contributed by atoms with Gasteiger partial charge in [0.05, 0.1) is 4.47 Å². The summed E-state index contributed by atoms with van der Waals surface area (Å²) in [6.45, 7) is 2.89. The summed E-state index contributed by atoms with van der Waals surface area (Å²) in [4.78, 5) is 10.5. The maximum absolute atomic E-state index is 13.3. The topological polar surface area (TPSA) is 41.1 Å². The maximum atomic E-state index is 13.3. The molecule has 0 saturated carbocycles. The molecule has 0 spiro atoms. The van der Waals surface area contributed by atoms with Crippen LogP contribution in [0.2, 0.25) is 0 Å². The fourth-order valence-electron chi connectivity index (χ4n) is 1.72. The van der Waals surface area contributed by atoms with Crippen molar-refractivity contribution in [1.29, 1.82) is 0 Å². The van der Waals surface area contributed by atoms with Gasteiger partial charge in [-0.3, -0.25) is 0 Å². The minimum atomic E-state index is -0.274. The summed E-state index contributed by atoms with van der Waals surface area (Å²) in [6.07, 6.45) is 2.69. The zero-order valence-corrected chi connectivity index (χ0v) is 13.0. The molecule has 0 amide bonds. The number of aromatic nitrogens is 2. The lowest BCUT2D eigenvalue weighted by Crippen LogP contribution is -2.14. The van der Waals surface area contributed by atoms with Gasteiger partial charge in [0, 0.05) is 25.5 Å². The average molecular weight is 339 g/mol. The van der Waals surface area contributed by atoms with Crippen molar-refractivity contribution in [3.8, 4) is 0 Å². The summed E-state index contributed by atoms with van der Waals surface area (Å²) in [5.41, 5.74) is 0.728. The van der Waals surface area contributed by atoms with Gasteiger partial charge in [-0.2, -0.15) is 4.98 Å². The SMILES string of the molecule is CCCNc1ncc(Br)c(N(C)c2cccc(F)c2)n1. The predicted octanol–water partition coefficient (Wildman–Crippen LogP) is 3.97. The molecular formula is C14H16BrFN4. The van der Waals surface area contributed by atoms with Crippen LogP contribution in [0.15, 0.2) is 34.9 Å². The lowest BCUT2D eigenvalue weighted by atomic mass is 10.3. The number of benzene rings is 1. The summed E-state index contributed by atoms with van der Waals surface area (Å²) >= 11 is 3.43. The molecule has 0 atom stereocenters. The van der Waals surface area contributed by atoms with Crippen LogP contribution in [-0.2, 0) is 0 Å². The van der Waals surface area contributed by atoms with Gasteiger partial charge in [0.2, 0.25) is 5.95 Å². The molecule has 0 aliphatic carbocycles. The van der Waals surface area contributed by atoms with Crippen molar-refractivity contribution in [1.82, 2.24) is 9.97 Å². The number of halogens is 2. The van der Waals surface area contributed by atoms with E-state index in [4.69, 9.17) is 0 Å². The number of anilines is 3. The maximum Gasteiger partial charge on any atom is 0.224 e. The van der Waals surface area contributed by atoms with E-state index >= 15 is 0 Å². The Morgan fingerprint density at radius 1 is 1.40 bits per heavy atom. The molecule has 0 fully saturated rings. The van der Waals surface area contributed by atoms with Crippen LogP contribution in [0.4, 0.5) is 21.8 Å². The molecule has 1 aromatic carbocycles. The second kappa shape index (κ2) is 6.65. The van der Waals surface area contributed by atoms with Crippen LogP contribution in [0.25, 0.3) is 0 Å². The summed E-state index contributed by atoms with van der Waals surface area (Å²) < 4.78 is 14.1. The number of rotatable bonds is 5. The summed E-state index contributed by atoms with van der Waals surface area (Å²) in [7, 11) is 1.84. The van der Waals surface area contributed by atoms with Crippen LogP contribution in [0, 0.1) is 5.82 Å². The van der Waals surface area contributed by atoms with Gasteiger partial charge in [0.1, 0.15) is 5.82 Å². The summed E-state index contributed by atoms with van der Waals surface area (Å²) in [6, 6.07) is 6.39. The van der Waals surface area contributed by atoms with Crippen LogP contribution >= 0.6 is 15.9 Å². The highest BCUT2D eigenvalue weighted by Gasteiger charge is 2.12. The first-order valence-electron chi connectivity index (χ1n) is 6.37. The van der Waals surface area contributed by atoms with Gasteiger partial charge >= 0.3 is 0 Å². The molecule has 0 aliphatic rings. The van der Waals surface area contributed by atoms with Crippen LogP contribution in [0.3, 0.4) is 0 Å². The van der Waals surface area contributed by atoms with E-state index in [9.17, 15) is 4.39 Å². The van der Waals surface area contributed by atoms with Gasteiger partial charge < -0.3 is 10.2 Å². The molecule has 0 bridgehead atoms. The number of hydrogen-bond donors (Lipinski definition) is 1. The monoisotopic (exact) mass is 338 g/mol. The van der Waals surface area contributed by atoms with Crippen LogP contribution < -0.4 is 10.2 Å². The van der Waals surface area contributed by atoms with E-state index in [0.29, 0.717) is 11.8 Å². The van der Waals surface area contributed by atoms with Gasteiger partial charge in [-0.1, -0.05) is 13.0 Å². The van der Waals surface area contributed by atoms with Crippen molar-refractivity contribution in [3.63, 3.8) is 0 Å².